The summed E-state index contributed by atoms with van der Waals surface area (Å²) < 4.78 is 1.94. The van der Waals surface area contributed by atoms with Gasteiger partial charge in [0.1, 0.15) is 5.69 Å². The van der Waals surface area contributed by atoms with Crippen LogP contribution >= 0.6 is 0 Å². The Labute approximate surface area is 104 Å². The smallest absolute Gasteiger partial charge is 0.215 e. The fourth-order valence-electron chi connectivity index (χ4n) is 2.08. The number of para-hydroxylation sites is 1. The third-order valence-electron chi connectivity index (χ3n) is 2.94. The number of nitrogens with zero attached hydrogens (tertiary/aromatic N) is 3. The zero-order valence-corrected chi connectivity index (χ0v) is 9.87. The van der Waals surface area contributed by atoms with Gasteiger partial charge in [-0.25, -0.2) is 4.98 Å². The minimum Gasteiger partial charge on any atom is -0.350 e. The topological polar surface area (TPSA) is 47.8 Å². The van der Waals surface area contributed by atoms with Crippen LogP contribution < -0.4 is 0 Å². The second kappa shape index (κ2) is 4.07. The molecule has 0 bridgehead atoms. The van der Waals surface area contributed by atoms with E-state index in [1.54, 1.807) is 6.20 Å². The number of carbonyl (C=O) groups excluding carboxylic acids is 1. The normalized spacial score (nSPS) is 10.7. The molecule has 3 aromatic rings. The van der Waals surface area contributed by atoms with E-state index < -0.39 is 0 Å². The van der Waals surface area contributed by atoms with Gasteiger partial charge in [0.25, 0.3) is 0 Å². The molecular weight excluding hydrogens is 226 g/mol. The Hall–Kier alpha value is -2.49. The highest BCUT2D eigenvalue weighted by Crippen LogP contribution is 2.22. The number of aryl methyl sites for hydroxylation is 1. The first-order chi connectivity index (χ1) is 8.77. The number of carbonyl (C=O) groups is 1. The molecule has 0 aliphatic carbocycles. The fourth-order valence-corrected chi connectivity index (χ4v) is 2.08. The number of hydrogen-bond donors (Lipinski definition) is 0. The molecule has 2 heterocycles. The van der Waals surface area contributed by atoms with Crippen molar-refractivity contribution in [2.75, 3.05) is 0 Å². The van der Waals surface area contributed by atoms with Crippen LogP contribution in [0.25, 0.3) is 10.9 Å². The molecule has 0 fully saturated rings. The third-order valence-corrected chi connectivity index (χ3v) is 2.94. The van der Waals surface area contributed by atoms with Crippen LogP contribution in [0.2, 0.25) is 0 Å². The second-order valence-electron chi connectivity index (χ2n) is 4.09. The highest BCUT2D eigenvalue weighted by Gasteiger charge is 2.16. The Bertz CT molecular complexity index is 716. The summed E-state index contributed by atoms with van der Waals surface area (Å²) in [5.74, 6) is -0.0973. The summed E-state index contributed by atoms with van der Waals surface area (Å²) in [7, 11) is 1.93. The maximum absolute atomic E-state index is 12.4. The van der Waals surface area contributed by atoms with Gasteiger partial charge in [-0.05, 0) is 6.07 Å². The van der Waals surface area contributed by atoms with Crippen LogP contribution in [0.3, 0.4) is 0 Å². The van der Waals surface area contributed by atoms with Gasteiger partial charge in [0.05, 0.1) is 6.20 Å². The number of aromatic nitrogens is 3. The Morgan fingerprint density at radius 1 is 1.22 bits per heavy atom. The van der Waals surface area contributed by atoms with Crippen molar-refractivity contribution in [1.82, 2.24) is 14.5 Å². The maximum Gasteiger partial charge on any atom is 0.215 e. The lowest BCUT2D eigenvalue weighted by molar-refractivity contribution is 0.103. The highest BCUT2D eigenvalue weighted by atomic mass is 16.1. The average molecular weight is 237 g/mol. The number of hydrogen-bond acceptors (Lipinski definition) is 3. The molecule has 0 unspecified atom stereocenters. The van der Waals surface area contributed by atoms with Crippen LogP contribution in [-0.4, -0.2) is 20.3 Å². The molecule has 3 rings (SSSR count). The van der Waals surface area contributed by atoms with Crippen molar-refractivity contribution in [3.63, 3.8) is 0 Å². The van der Waals surface area contributed by atoms with Crippen LogP contribution in [0.5, 0.6) is 0 Å². The van der Waals surface area contributed by atoms with Gasteiger partial charge in [0, 0.05) is 42.1 Å². The molecule has 0 spiro atoms. The number of fused-ring (bicyclic) bond motifs is 1. The minimum absolute atomic E-state index is 0.0973. The number of rotatable bonds is 2. The molecular formula is C14H11N3O. The van der Waals surface area contributed by atoms with E-state index in [2.05, 4.69) is 9.97 Å². The first-order valence-electron chi connectivity index (χ1n) is 5.62. The molecule has 0 saturated heterocycles. The predicted octanol–water partition coefficient (Wildman–Crippen LogP) is 2.20. The summed E-state index contributed by atoms with van der Waals surface area (Å²) in [5.41, 5.74) is 2.06. The average Bonchev–Trinajstić information content (AvgIpc) is 2.77. The molecule has 0 aliphatic heterocycles. The third kappa shape index (κ3) is 1.59. The molecule has 18 heavy (non-hydrogen) atoms. The monoisotopic (exact) mass is 237 g/mol. The molecule has 2 aromatic heterocycles. The molecule has 0 saturated carbocycles. The molecule has 1 aromatic carbocycles. The van der Waals surface area contributed by atoms with Gasteiger partial charge in [-0.2, -0.15) is 0 Å². The van der Waals surface area contributed by atoms with E-state index in [-0.39, 0.29) is 5.78 Å². The summed E-state index contributed by atoms with van der Waals surface area (Å²) in [6.07, 6.45) is 6.41. The molecule has 0 N–H and O–H groups in total. The Morgan fingerprint density at radius 3 is 2.83 bits per heavy atom. The number of benzene rings is 1. The van der Waals surface area contributed by atoms with Gasteiger partial charge in [-0.3, -0.25) is 9.78 Å². The fraction of sp³-hybridized carbons (Fsp3) is 0.0714. The molecule has 0 amide bonds. The van der Waals surface area contributed by atoms with Crippen molar-refractivity contribution in [1.29, 1.82) is 0 Å². The summed E-state index contributed by atoms with van der Waals surface area (Å²) in [6.45, 7) is 0. The van der Waals surface area contributed by atoms with Crippen LogP contribution in [-0.2, 0) is 7.05 Å². The first kappa shape index (κ1) is 10.7. The van der Waals surface area contributed by atoms with Crippen molar-refractivity contribution in [3.05, 3.63) is 60.3 Å². The van der Waals surface area contributed by atoms with Gasteiger partial charge in [-0.15, -0.1) is 0 Å². The molecule has 0 radical (unpaired) electrons. The quantitative estimate of drug-likeness (QED) is 0.642. The van der Waals surface area contributed by atoms with Crippen molar-refractivity contribution >= 4 is 16.7 Å². The standard InChI is InChI=1S/C14H11N3O/c1-17-9-11(10-4-2-3-5-13(10)17)14(18)12-8-15-6-7-16-12/h2-9H,1H3. The summed E-state index contributed by atoms with van der Waals surface area (Å²) >= 11 is 0. The van der Waals surface area contributed by atoms with Gasteiger partial charge in [0.2, 0.25) is 5.78 Å². The highest BCUT2D eigenvalue weighted by molar-refractivity contribution is 6.15. The Balaban J connectivity index is 2.19. The second-order valence-corrected chi connectivity index (χ2v) is 4.09. The summed E-state index contributed by atoms with van der Waals surface area (Å²) in [4.78, 5) is 20.3. The van der Waals surface area contributed by atoms with E-state index in [0.29, 0.717) is 11.3 Å². The van der Waals surface area contributed by atoms with Gasteiger partial charge >= 0.3 is 0 Å². The van der Waals surface area contributed by atoms with Gasteiger partial charge in [-0.1, -0.05) is 18.2 Å². The van der Waals surface area contributed by atoms with Gasteiger partial charge < -0.3 is 4.57 Å². The molecule has 4 heteroatoms. The van der Waals surface area contributed by atoms with Crippen molar-refractivity contribution in [2.24, 2.45) is 7.05 Å². The van der Waals surface area contributed by atoms with Crippen molar-refractivity contribution in [2.45, 2.75) is 0 Å². The maximum atomic E-state index is 12.4. The van der Waals surface area contributed by atoms with E-state index in [1.807, 2.05) is 42.1 Å². The van der Waals surface area contributed by atoms with Crippen LogP contribution in [0.4, 0.5) is 0 Å². The lowest BCUT2D eigenvalue weighted by atomic mass is 10.1. The Morgan fingerprint density at radius 2 is 2.06 bits per heavy atom. The number of ketones is 1. The SMILES string of the molecule is Cn1cc(C(=O)c2cnccn2)c2ccccc21. The van der Waals surface area contributed by atoms with E-state index >= 15 is 0 Å². The molecule has 88 valence electrons. The lowest BCUT2D eigenvalue weighted by Gasteiger charge is -1.97. The van der Waals surface area contributed by atoms with E-state index in [4.69, 9.17) is 0 Å². The van der Waals surface area contributed by atoms with Crippen molar-refractivity contribution < 1.29 is 4.79 Å². The molecule has 0 atom stereocenters. The van der Waals surface area contributed by atoms with Crippen LogP contribution in [0, 0.1) is 0 Å². The van der Waals surface area contributed by atoms with Crippen LogP contribution in [0.1, 0.15) is 16.1 Å². The Kier molecular flexibility index (Phi) is 2.41. The van der Waals surface area contributed by atoms with E-state index in [9.17, 15) is 4.79 Å². The summed E-state index contributed by atoms with van der Waals surface area (Å²) in [6, 6.07) is 7.82. The van der Waals surface area contributed by atoms with E-state index in [0.717, 1.165) is 10.9 Å². The largest absolute Gasteiger partial charge is 0.350 e. The van der Waals surface area contributed by atoms with Gasteiger partial charge in [0.15, 0.2) is 0 Å². The summed E-state index contributed by atoms with van der Waals surface area (Å²) in [5, 5.41) is 0.940. The molecule has 0 aliphatic rings. The van der Waals surface area contributed by atoms with Crippen LogP contribution in [0.15, 0.2) is 49.1 Å². The minimum atomic E-state index is -0.0973. The zero-order valence-electron chi connectivity index (χ0n) is 9.87. The molecule has 4 nitrogen and oxygen atoms in total. The zero-order chi connectivity index (χ0) is 12.5. The lowest BCUT2D eigenvalue weighted by Crippen LogP contribution is -2.03. The first-order valence-corrected chi connectivity index (χ1v) is 5.62. The van der Waals surface area contributed by atoms with Crippen molar-refractivity contribution in [3.8, 4) is 0 Å². The predicted molar refractivity (Wildman–Crippen MR) is 68.4 cm³/mol. The van der Waals surface area contributed by atoms with E-state index in [1.165, 1.54) is 12.4 Å².